The molecular formula is C15H20N2O4S2. The van der Waals surface area contributed by atoms with Crippen LogP contribution in [0.4, 0.5) is 0 Å². The average Bonchev–Trinajstić information content (AvgIpc) is 3.10. The molecule has 0 aliphatic carbocycles. The van der Waals surface area contributed by atoms with Gasteiger partial charge in [0.1, 0.15) is 0 Å². The van der Waals surface area contributed by atoms with Crippen molar-refractivity contribution in [1.29, 1.82) is 0 Å². The van der Waals surface area contributed by atoms with E-state index in [1.165, 1.54) is 0 Å². The molecule has 2 aromatic rings. The molecule has 0 radical (unpaired) electrons. The van der Waals surface area contributed by atoms with Crippen LogP contribution in [0, 0.1) is 0 Å². The highest BCUT2D eigenvalue weighted by molar-refractivity contribution is 7.89. The van der Waals surface area contributed by atoms with Crippen LogP contribution in [0.3, 0.4) is 0 Å². The molecule has 0 unspecified atom stereocenters. The van der Waals surface area contributed by atoms with Crippen molar-refractivity contribution in [3.8, 4) is 0 Å². The van der Waals surface area contributed by atoms with E-state index in [1.54, 1.807) is 22.8 Å². The molecule has 1 N–H and O–H groups in total. The minimum atomic E-state index is -3.60. The molecule has 1 fully saturated rings. The van der Waals surface area contributed by atoms with Gasteiger partial charge in [-0.15, -0.1) is 0 Å². The number of hydrogen-bond acceptors (Lipinski definition) is 5. The number of nitrogens with one attached hydrogen (secondary N) is 1. The van der Waals surface area contributed by atoms with Crippen LogP contribution < -0.4 is 9.60 Å². The van der Waals surface area contributed by atoms with E-state index in [9.17, 15) is 13.2 Å². The molecule has 0 bridgehead atoms. The Labute approximate surface area is 139 Å². The van der Waals surface area contributed by atoms with Crippen molar-refractivity contribution in [2.75, 3.05) is 13.2 Å². The molecule has 6 nitrogen and oxygen atoms in total. The van der Waals surface area contributed by atoms with Crippen molar-refractivity contribution in [2.24, 2.45) is 0 Å². The number of sulfonamides is 1. The number of benzene rings is 1. The fourth-order valence-electron chi connectivity index (χ4n) is 2.76. The summed E-state index contributed by atoms with van der Waals surface area (Å²) in [6, 6.07) is 4.85. The Morgan fingerprint density at radius 3 is 2.87 bits per heavy atom. The summed E-state index contributed by atoms with van der Waals surface area (Å²) < 4.78 is 35.2. The molecule has 0 saturated carbocycles. The molecule has 1 atom stereocenters. The summed E-state index contributed by atoms with van der Waals surface area (Å²) in [5, 5.41) is 0. The Kier molecular flexibility index (Phi) is 4.59. The number of aromatic nitrogens is 1. The molecule has 1 aromatic carbocycles. The van der Waals surface area contributed by atoms with Crippen molar-refractivity contribution >= 4 is 31.6 Å². The molecule has 1 aliphatic heterocycles. The first-order valence-corrected chi connectivity index (χ1v) is 9.95. The zero-order valence-corrected chi connectivity index (χ0v) is 14.7. The van der Waals surface area contributed by atoms with Gasteiger partial charge in [0, 0.05) is 19.2 Å². The van der Waals surface area contributed by atoms with Gasteiger partial charge in [0.2, 0.25) is 10.0 Å². The zero-order valence-electron chi connectivity index (χ0n) is 13.1. The third-order valence-electron chi connectivity index (χ3n) is 3.94. The molecule has 2 heterocycles. The highest BCUT2D eigenvalue weighted by Gasteiger charge is 2.21. The van der Waals surface area contributed by atoms with Crippen LogP contribution in [-0.4, -0.2) is 32.2 Å². The second-order valence-corrected chi connectivity index (χ2v) is 8.71. The molecule has 23 heavy (non-hydrogen) atoms. The number of nitrogens with zero attached hydrogens (tertiary/aromatic N) is 1. The van der Waals surface area contributed by atoms with Gasteiger partial charge in [-0.1, -0.05) is 11.3 Å². The van der Waals surface area contributed by atoms with Crippen molar-refractivity contribution in [2.45, 2.75) is 43.7 Å². The van der Waals surface area contributed by atoms with Gasteiger partial charge in [-0.2, -0.15) is 0 Å². The topological polar surface area (TPSA) is 77.4 Å². The van der Waals surface area contributed by atoms with E-state index in [-0.39, 0.29) is 28.5 Å². The summed E-state index contributed by atoms with van der Waals surface area (Å²) in [6.07, 6.45) is 1.79. The lowest BCUT2D eigenvalue weighted by Gasteiger charge is -2.12. The zero-order chi connectivity index (χ0) is 16.6. The van der Waals surface area contributed by atoms with Gasteiger partial charge in [-0.25, -0.2) is 13.1 Å². The van der Waals surface area contributed by atoms with Crippen molar-refractivity contribution in [3.63, 3.8) is 0 Å². The van der Waals surface area contributed by atoms with Gasteiger partial charge in [0.25, 0.3) is 0 Å². The van der Waals surface area contributed by atoms with E-state index in [4.69, 9.17) is 4.74 Å². The van der Waals surface area contributed by atoms with Crippen LogP contribution in [0.15, 0.2) is 27.9 Å². The molecule has 126 valence electrons. The van der Waals surface area contributed by atoms with Gasteiger partial charge in [0.05, 0.1) is 21.2 Å². The minimum absolute atomic E-state index is 0.0383. The van der Waals surface area contributed by atoms with E-state index >= 15 is 0 Å². The summed E-state index contributed by atoms with van der Waals surface area (Å²) in [6.45, 7) is 4.83. The molecule has 1 saturated heterocycles. The summed E-state index contributed by atoms with van der Waals surface area (Å²) in [5.74, 6) is 0. The molecule has 1 aromatic heterocycles. The van der Waals surface area contributed by atoms with Gasteiger partial charge in [-0.05, 0) is 44.9 Å². The van der Waals surface area contributed by atoms with Crippen LogP contribution in [0.1, 0.15) is 32.7 Å². The van der Waals surface area contributed by atoms with E-state index in [1.807, 2.05) is 13.8 Å². The summed E-state index contributed by atoms with van der Waals surface area (Å²) in [5.41, 5.74) is 0.771. The molecule has 1 aliphatic rings. The first-order chi connectivity index (χ1) is 10.9. The molecule has 0 spiro atoms. The number of thiazole rings is 1. The van der Waals surface area contributed by atoms with E-state index in [0.29, 0.717) is 11.3 Å². The van der Waals surface area contributed by atoms with Crippen LogP contribution >= 0.6 is 11.3 Å². The van der Waals surface area contributed by atoms with Crippen molar-refractivity contribution < 1.29 is 13.2 Å². The molecular weight excluding hydrogens is 336 g/mol. The van der Waals surface area contributed by atoms with Gasteiger partial charge in [-0.3, -0.25) is 9.36 Å². The first kappa shape index (κ1) is 16.6. The van der Waals surface area contributed by atoms with Crippen LogP contribution in [-0.2, 0) is 14.8 Å². The molecule has 3 rings (SSSR count). The van der Waals surface area contributed by atoms with Gasteiger partial charge >= 0.3 is 4.87 Å². The maximum absolute atomic E-state index is 12.4. The fourth-order valence-corrected chi connectivity index (χ4v) is 4.98. The normalized spacial score (nSPS) is 19.0. The average molecular weight is 356 g/mol. The largest absolute Gasteiger partial charge is 0.377 e. The summed E-state index contributed by atoms with van der Waals surface area (Å²) in [7, 11) is -3.60. The fraction of sp³-hybridized carbons (Fsp3) is 0.533. The number of ether oxygens (including phenoxy) is 1. The number of fused-ring (bicyclic) bond motifs is 1. The van der Waals surface area contributed by atoms with Crippen molar-refractivity contribution in [1.82, 2.24) is 9.29 Å². The quantitative estimate of drug-likeness (QED) is 0.890. The second kappa shape index (κ2) is 6.35. The van der Waals surface area contributed by atoms with Crippen LogP contribution in [0.2, 0.25) is 0 Å². The predicted octanol–water partition coefficient (Wildman–Crippen LogP) is 2.10. The lowest BCUT2D eigenvalue weighted by molar-refractivity contribution is 0.114. The van der Waals surface area contributed by atoms with Gasteiger partial charge < -0.3 is 4.74 Å². The van der Waals surface area contributed by atoms with E-state index in [2.05, 4.69) is 4.72 Å². The lowest BCUT2D eigenvalue weighted by Crippen LogP contribution is -2.31. The highest BCUT2D eigenvalue weighted by Crippen LogP contribution is 2.24. The Morgan fingerprint density at radius 2 is 2.22 bits per heavy atom. The Balaban J connectivity index is 1.88. The second-order valence-electron chi connectivity index (χ2n) is 5.95. The van der Waals surface area contributed by atoms with Crippen molar-refractivity contribution in [3.05, 3.63) is 27.9 Å². The highest BCUT2D eigenvalue weighted by atomic mass is 32.2. The Hall–Kier alpha value is -1.22. The number of rotatable bonds is 5. The Bertz CT molecular complexity index is 861. The number of hydrogen-bond donors (Lipinski definition) is 1. The van der Waals surface area contributed by atoms with E-state index < -0.39 is 10.0 Å². The maximum Gasteiger partial charge on any atom is 0.308 e. The third kappa shape index (κ3) is 3.35. The summed E-state index contributed by atoms with van der Waals surface area (Å²) in [4.78, 5) is 12.1. The monoisotopic (exact) mass is 356 g/mol. The smallest absolute Gasteiger partial charge is 0.308 e. The third-order valence-corrected chi connectivity index (χ3v) is 6.28. The SMILES string of the molecule is CC(C)n1c(=O)sc2cc(S(=O)(=O)NC[C@@H]3CCCO3)ccc21. The lowest BCUT2D eigenvalue weighted by atomic mass is 10.2. The standard InChI is InChI=1S/C15H20N2O4S2/c1-10(2)17-13-6-5-12(8-14(13)22-15(17)18)23(19,20)16-9-11-4-3-7-21-11/h5-6,8,10-11,16H,3-4,7,9H2,1-2H3/t11-/m0/s1. The maximum atomic E-state index is 12.4. The van der Waals surface area contributed by atoms with Crippen LogP contribution in [0.25, 0.3) is 10.2 Å². The van der Waals surface area contributed by atoms with Gasteiger partial charge in [0.15, 0.2) is 0 Å². The predicted molar refractivity (Wildman–Crippen MR) is 90.6 cm³/mol. The van der Waals surface area contributed by atoms with E-state index in [0.717, 1.165) is 29.7 Å². The summed E-state index contributed by atoms with van der Waals surface area (Å²) >= 11 is 1.07. The Morgan fingerprint density at radius 1 is 1.43 bits per heavy atom. The van der Waals surface area contributed by atoms with Crippen LogP contribution in [0.5, 0.6) is 0 Å². The molecule has 8 heteroatoms. The molecule has 0 amide bonds. The minimum Gasteiger partial charge on any atom is -0.377 e. The first-order valence-electron chi connectivity index (χ1n) is 7.65.